The second kappa shape index (κ2) is 11.2. The number of piperidine rings is 1. The minimum Gasteiger partial charge on any atom is -0.497 e. The molecule has 2 N–H and O–H groups in total. The van der Waals surface area contributed by atoms with E-state index in [-0.39, 0.29) is 11.9 Å². The van der Waals surface area contributed by atoms with E-state index < -0.39 is 0 Å². The maximum Gasteiger partial charge on any atom is 0.317 e. The van der Waals surface area contributed by atoms with Gasteiger partial charge in [-0.25, -0.2) is 4.79 Å². The van der Waals surface area contributed by atoms with Gasteiger partial charge in [-0.2, -0.15) is 0 Å². The Morgan fingerprint density at radius 1 is 1.07 bits per heavy atom. The molecule has 30 heavy (non-hydrogen) atoms. The van der Waals surface area contributed by atoms with Crippen LogP contribution in [0.4, 0.5) is 10.5 Å². The van der Waals surface area contributed by atoms with Crippen molar-refractivity contribution in [3.05, 3.63) is 60.2 Å². The number of nitrogens with one attached hydrogen (secondary N) is 2. The van der Waals surface area contributed by atoms with Gasteiger partial charge in [-0.15, -0.1) is 0 Å². The summed E-state index contributed by atoms with van der Waals surface area (Å²) in [5, 5.41) is 5.94. The summed E-state index contributed by atoms with van der Waals surface area (Å²) in [4.78, 5) is 26.5. The lowest BCUT2D eigenvalue weighted by Crippen LogP contribution is -2.45. The lowest BCUT2D eigenvalue weighted by atomic mass is 9.92. The molecule has 6 heteroatoms. The highest BCUT2D eigenvalue weighted by Gasteiger charge is 2.23. The molecule has 0 bridgehead atoms. The van der Waals surface area contributed by atoms with Crippen LogP contribution in [-0.4, -0.2) is 43.6 Å². The van der Waals surface area contributed by atoms with E-state index in [1.165, 1.54) is 5.56 Å². The Balaban J connectivity index is 1.32. The van der Waals surface area contributed by atoms with Crippen molar-refractivity contribution in [3.63, 3.8) is 0 Å². The molecule has 0 spiro atoms. The lowest BCUT2D eigenvalue weighted by Gasteiger charge is -2.32. The van der Waals surface area contributed by atoms with Crippen LogP contribution in [-0.2, 0) is 11.2 Å². The maximum absolute atomic E-state index is 12.4. The predicted molar refractivity (Wildman–Crippen MR) is 119 cm³/mol. The highest BCUT2D eigenvalue weighted by molar-refractivity contribution is 5.90. The van der Waals surface area contributed by atoms with Crippen molar-refractivity contribution in [1.82, 2.24) is 10.2 Å². The number of carbonyl (C=O) groups is 2. The largest absolute Gasteiger partial charge is 0.497 e. The molecule has 1 aliphatic heterocycles. The van der Waals surface area contributed by atoms with E-state index in [1.807, 2.05) is 47.4 Å². The van der Waals surface area contributed by atoms with Crippen LogP contribution < -0.4 is 15.4 Å². The van der Waals surface area contributed by atoms with E-state index in [4.69, 9.17) is 4.74 Å². The number of hydrogen-bond donors (Lipinski definition) is 2. The summed E-state index contributed by atoms with van der Waals surface area (Å²) in [6, 6.07) is 17.6. The van der Waals surface area contributed by atoms with Gasteiger partial charge in [-0.3, -0.25) is 4.79 Å². The second-order valence-corrected chi connectivity index (χ2v) is 7.72. The summed E-state index contributed by atoms with van der Waals surface area (Å²) >= 11 is 0. The van der Waals surface area contributed by atoms with Gasteiger partial charge in [-0.1, -0.05) is 36.4 Å². The molecule has 0 aromatic heterocycles. The Kier molecular flexibility index (Phi) is 8.12. The van der Waals surface area contributed by atoms with Crippen molar-refractivity contribution in [3.8, 4) is 5.75 Å². The first-order valence-electron chi connectivity index (χ1n) is 10.6. The first-order valence-corrected chi connectivity index (χ1v) is 10.6. The van der Waals surface area contributed by atoms with Crippen molar-refractivity contribution < 1.29 is 14.3 Å². The van der Waals surface area contributed by atoms with E-state index in [9.17, 15) is 9.59 Å². The average molecular weight is 410 g/mol. The van der Waals surface area contributed by atoms with E-state index in [1.54, 1.807) is 7.11 Å². The molecule has 0 radical (unpaired) electrons. The van der Waals surface area contributed by atoms with Crippen LogP contribution in [0, 0.1) is 5.92 Å². The molecule has 160 valence electrons. The molecular weight excluding hydrogens is 378 g/mol. The SMILES string of the molecule is COc1cccc(NC(=O)CCC2CCN(C(=O)NCCc3ccccc3)CC2)c1. The molecule has 0 atom stereocenters. The van der Waals surface area contributed by atoms with E-state index in [0.29, 0.717) is 18.9 Å². The number of ether oxygens (including phenoxy) is 1. The van der Waals surface area contributed by atoms with Crippen LogP contribution in [0.3, 0.4) is 0 Å². The van der Waals surface area contributed by atoms with E-state index >= 15 is 0 Å². The van der Waals surface area contributed by atoms with Gasteiger partial charge < -0.3 is 20.3 Å². The third kappa shape index (κ3) is 6.79. The minimum atomic E-state index is 0.0140. The van der Waals surface area contributed by atoms with Gasteiger partial charge in [0.15, 0.2) is 0 Å². The number of rotatable bonds is 8. The number of anilines is 1. The monoisotopic (exact) mass is 409 g/mol. The van der Waals surface area contributed by atoms with Gasteiger partial charge in [0.05, 0.1) is 7.11 Å². The predicted octanol–water partition coefficient (Wildman–Crippen LogP) is 4.08. The zero-order valence-electron chi connectivity index (χ0n) is 17.6. The number of likely N-dealkylation sites (tertiary alicyclic amines) is 1. The Labute approximate surface area is 178 Å². The highest BCUT2D eigenvalue weighted by Crippen LogP contribution is 2.23. The third-order valence-electron chi connectivity index (χ3n) is 5.57. The smallest absolute Gasteiger partial charge is 0.317 e. The number of nitrogens with zero attached hydrogens (tertiary/aromatic N) is 1. The molecule has 3 rings (SSSR count). The fourth-order valence-corrected chi connectivity index (χ4v) is 3.75. The molecule has 0 unspecified atom stereocenters. The molecule has 1 heterocycles. The number of amides is 3. The average Bonchev–Trinajstić information content (AvgIpc) is 2.79. The van der Waals surface area contributed by atoms with Crippen molar-refractivity contribution in [2.75, 3.05) is 32.1 Å². The maximum atomic E-state index is 12.4. The van der Waals surface area contributed by atoms with Crippen LogP contribution in [0.5, 0.6) is 5.75 Å². The van der Waals surface area contributed by atoms with Crippen LogP contribution >= 0.6 is 0 Å². The van der Waals surface area contributed by atoms with Crippen LogP contribution in [0.2, 0.25) is 0 Å². The number of methoxy groups -OCH3 is 1. The molecule has 1 fully saturated rings. The molecule has 1 aliphatic rings. The Hall–Kier alpha value is -3.02. The lowest BCUT2D eigenvalue weighted by molar-refractivity contribution is -0.116. The van der Waals surface area contributed by atoms with Gasteiger partial charge in [0.1, 0.15) is 5.75 Å². The topological polar surface area (TPSA) is 70.7 Å². The third-order valence-corrected chi connectivity index (χ3v) is 5.57. The Morgan fingerprint density at radius 2 is 1.83 bits per heavy atom. The summed E-state index contributed by atoms with van der Waals surface area (Å²) in [6.07, 6.45) is 4.06. The van der Waals surface area contributed by atoms with Crippen molar-refractivity contribution in [2.24, 2.45) is 5.92 Å². The number of hydrogen-bond acceptors (Lipinski definition) is 3. The van der Waals surface area contributed by atoms with E-state index in [0.717, 1.165) is 50.2 Å². The standard InChI is InChI=1S/C24H31N3O3/c1-30-22-9-5-8-21(18-22)26-23(28)11-10-20-13-16-27(17-14-20)24(29)25-15-12-19-6-3-2-4-7-19/h2-9,18,20H,10-17H2,1H3,(H,25,29)(H,26,28). The van der Waals surface area contributed by atoms with Gasteiger partial charge in [0.2, 0.25) is 5.91 Å². The molecule has 2 aromatic carbocycles. The molecular formula is C24H31N3O3. The van der Waals surface area contributed by atoms with Crippen LogP contribution in [0.1, 0.15) is 31.2 Å². The van der Waals surface area contributed by atoms with Gasteiger partial charge >= 0.3 is 6.03 Å². The molecule has 0 aliphatic carbocycles. The van der Waals surface area contributed by atoms with Crippen molar-refractivity contribution >= 4 is 17.6 Å². The van der Waals surface area contributed by atoms with E-state index in [2.05, 4.69) is 22.8 Å². The molecule has 2 aromatic rings. The number of carbonyl (C=O) groups excluding carboxylic acids is 2. The first-order chi connectivity index (χ1) is 14.6. The Morgan fingerprint density at radius 3 is 2.57 bits per heavy atom. The number of urea groups is 1. The quantitative estimate of drug-likeness (QED) is 0.690. The Bertz CT molecular complexity index is 817. The van der Waals surface area contributed by atoms with Crippen molar-refractivity contribution in [1.29, 1.82) is 0 Å². The van der Waals surface area contributed by atoms with Crippen molar-refractivity contribution in [2.45, 2.75) is 32.1 Å². The molecule has 0 saturated carbocycles. The first kappa shape index (κ1) is 21.7. The molecule has 1 saturated heterocycles. The fourth-order valence-electron chi connectivity index (χ4n) is 3.75. The normalized spacial score (nSPS) is 14.2. The fraction of sp³-hybridized carbons (Fsp3) is 0.417. The summed E-state index contributed by atoms with van der Waals surface area (Å²) in [7, 11) is 1.61. The van der Waals surface area contributed by atoms with Crippen LogP contribution in [0.25, 0.3) is 0 Å². The second-order valence-electron chi connectivity index (χ2n) is 7.72. The molecule has 6 nitrogen and oxygen atoms in total. The van der Waals surface area contributed by atoms with Gasteiger partial charge in [0, 0.05) is 37.8 Å². The minimum absolute atomic E-state index is 0.0140. The van der Waals surface area contributed by atoms with Gasteiger partial charge in [0.25, 0.3) is 0 Å². The van der Waals surface area contributed by atoms with Gasteiger partial charge in [-0.05, 0) is 49.3 Å². The zero-order chi connectivity index (χ0) is 21.2. The van der Waals surface area contributed by atoms with Crippen LogP contribution in [0.15, 0.2) is 54.6 Å². The highest BCUT2D eigenvalue weighted by atomic mass is 16.5. The summed E-state index contributed by atoms with van der Waals surface area (Å²) < 4.78 is 5.18. The summed E-state index contributed by atoms with van der Waals surface area (Å²) in [5.74, 6) is 1.22. The number of benzene rings is 2. The molecule has 3 amide bonds. The summed E-state index contributed by atoms with van der Waals surface area (Å²) in [6.45, 7) is 2.14. The summed E-state index contributed by atoms with van der Waals surface area (Å²) in [5.41, 5.74) is 1.98. The zero-order valence-corrected chi connectivity index (χ0v) is 17.6.